The van der Waals surface area contributed by atoms with Gasteiger partial charge in [0.2, 0.25) is 0 Å². The van der Waals surface area contributed by atoms with E-state index in [4.69, 9.17) is 0 Å². The highest BCUT2D eigenvalue weighted by atomic mass is 32.2. The molecule has 1 aliphatic carbocycles. The molecule has 1 aliphatic rings. The van der Waals surface area contributed by atoms with E-state index in [1.165, 1.54) is 24.0 Å². The summed E-state index contributed by atoms with van der Waals surface area (Å²) >= 11 is 0. The first kappa shape index (κ1) is 16.7. The summed E-state index contributed by atoms with van der Waals surface area (Å²) in [7, 11) is -0.905. The van der Waals surface area contributed by atoms with Crippen molar-refractivity contribution < 1.29 is 4.21 Å². The van der Waals surface area contributed by atoms with Gasteiger partial charge in [0.1, 0.15) is 0 Å². The molecule has 0 bridgehead atoms. The molecule has 1 fully saturated rings. The van der Waals surface area contributed by atoms with Crippen LogP contribution >= 0.6 is 0 Å². The second-order valence-corrected chi connectivity index (χ2v) is 8.01. The molecule has 0 spiro atoms. The van der Waals surface area contributed by atoms with Gasteiger partial charge in [-0.05, 0) is 68.8 Å². The van der Waals surface area contributed by atoms with Gasteiger partial charge in [0.15, 0.2) is 0 Å². The zero-order valence-electron chi connectivity index (χ0n) is 13.8. The summed E-state index contributed by atoms with van der Waals surface area (Å²) in [6, 6.07) is 6.67. The van der Waals surface area contributed by atoms with Crippen molar-refractivity contribution >= 4 is 10.8 Å². The van der Waals surface area contributed by atoms with Gasteiger partial charge >= 0.3 is 0 Å². The van der Waals surface area contributed by atoms with Gasteiger partial charge in [-0.1, -0.05) is 26.3 Å². The molecule has 21 heavy (non-hydrogen) atoms. The molecule has 0 amide bonds. The van der Waals surface area contributed by atoms with Gasteiger partial charge in [-0.15, -0.1) is 0 Å². The van der Waals surface area contributed by atoms with Crippen LogP contribution in [0.4, 0.5) is 0 Å². The Hall–Kier alpha value is -0.670. The van der Waals surface area contributed by atoms with Gasteiger partial charge in [-0.2, -0.15) is 0 Å². The van der Waals surface area contributed by atoms with Gasteiger partial charge in [0.05, 0.1) is 16.0 Å². The minimum Gasteiger partial charge on any atom is -0.313 e. The van der Waals surface area contributed by atoms with Crippen molar-refractivity contribution in [2.45, 2.75) is 69.6 Å². The van der Waals surface area contributed by atoms with Crippen molar-refractivity contribution in [3.63, 3.8) is 0 Å². The van der Waals surface area contributed by atoms with Crippen LogP contribution in [0.15, 0.2) is 23.1 Å². The van der Waals surface area contributed by atoms with Gasteiger partial charge < -0.3 is 5.32 Å². The van der Waals surface area contributed by atoms with Crippen LogP contribution in [0.25, 0.3) is 0 Å². The maximum atomic E-state index is 13.1. The number of nitrogens with one attached hydrogen (secondary N) is 1. The van der Waals surface area contributed by atoms with E-state index in [0.717, 1.165) is 30.2 Å². The quantitative estimate of drug-likeness (QED) is 0.892. The number of hydrogen-bond acceptors (Lipinski definition) is 2. The molecule has 0 aromatic heterocycles. The van der Waals surface area contributed by atoms with E-state index in [0.29, 0.717) is 6.04 Å². The molecule has 1 aromatic rings. The normalized spacial score (nSPS) is 27.5. The van der Waals surface area contributed by atoms with Crippen molar-refractivity contribution in [1.82, 2.24) is 5.32 Å². The molecule has 0 heterocycles. The van der Waals surface area contributed by atoms with Crippen molar-refractivity contribution in [3.8, 4) is 0 Å². The van der Waals surface area contributed by atoms with E-state index in [9.17, 15) is 4.21 Å². The van der Waals surface area contributed by atoms with Crippen LogP contribution < -0.4 is 5.32 Å². The highest BCUT2D eigenvalue weighted by Crippen LogP contribution is 2.32. The number of hydrogen-bond donors (Lipinski definition) is 1. The fourth-order valence-corrected chi connectivity index (χ4v) is 5.15. The standard InChI is InChI=1S/C18H29NOS/c1-5-15-8-10-17(19-6-2)18(12-15)21(20)16-9-7-13(3)14(4)11-16/h7,9,11,15,17-19H,5-6,8,10,12H2,1-4H3. The average Bonchev–Trinajstić information content (AvgIpc) is 2.50. The number of rotatable bonds is 5. The molecule has 2 nitrogen and oxygen atoms in total. The lowest BCUT2D eigenvalue weighted by atomic mass is 9.84. The summed E-state index contributed by atoms with van der Waals surface area (Å²) in [5, 5.41) is 3.82. The van der Waals surface area contributed by atoms with Gasteiger partial charge in [-0.3, -0.25) is 4.21 Å². The van der Waals surface area contributed by atoms with Crippen molar-refractivity contribution in [2.24, 2.45) is 5.92 Å². The second kappa shape index (κ2) is 7.55. The molecule has 1 N–H and O–H groups in total. The number of benzene rings is 1. The highest BCUT2D eigenvalue weighted by Gasteiger charge is 2.33. The molecule has 4 atom stereocenters. The maximum Gasteiger partial charge on any atom is 0.0576 e. The Morgan fingerprint density at radius 1 is 1.19 bits per heavy atom. The summed E-state index contributed by atoms with van der Waals surface area (Å²) in [6.45, 7) is 9.57. The van der Waals surface area contributed by atoms with Crippen LogP contribution in [0.5, 0.6) is 0 Å². The molecule has 1 saturated carbocycles. The molecule has 4 unspecified atom stereocenters. The molecular formula is C18H29NOS. The highest BCUT2D eigenvalue weighted by molar-refractivity contribution is 7.85. The van der Waals surface area contributed by atoms with Crippen LogP contribution in [0.1, 0.15) is 50.7 Å². The monoisotopic (exact) mass is 307 g/mol. The van der Waals surface area contributed by atoms with E-state index < -0.39 is 10.8 Å². The first-order valence-corrected chi connectivity index (χ1v) is 9.49. The lowest BCUT2D eigenvalue weighted by molar-refractivity contribution is 0.294. The van der Waals surface area contributed by atoms with Gasteiger partial charge in [-0.25, -0.2) is 0 Å². The Kier molecular flexibility index (Phi) is 6.00. The van der Waals surface area contributed by atoms with Crippen molar-refractivity contribution in [2.75, 3.05) is 6.54 Å². The molecule has 2 rings (SSSR count). The SMILES string of the molecule is CCNC1CCC(CC)CC1S(=O)c1ccc(C)c(C)c1. The van der Waals surface area contributed by atoms with E-state index in [1.807, 2.05) is 0 Å². The maximum absolute atomic E-state index is 13.1. The predicted octanol–water partition coefficient (Wildman–Crippen LogP) is 3.97. The molecule has 118 valence electrons. The largest absolute Gasteiger partial charge is 0.313 e. The minimum absolute atomic E-state index is 0.255. The zero-order chi connectivity index (χ0) is 15.4. The topological polar surface area (TPSA) is 29.1 Å². The van der Waals surface area contributed by atoms with Crippen LogP contribution in [-0.4, -0.2) is 22.0 Å². The molecule has 0 radical (unpaired) electrons. The van der Waals surface area contributed by atoms with Gasteiger partial charge in [0, 0.05) is 10.9 Å². The molecule has 1 aromatic carbocycles. The molecular weight excluding hydrogens is 278 g/mol. The third-order valence-corrected chi connectivity index (χ3v) is 6.72. The Bertz CT molecular complexity index is 500. The summed E-state index contributed by atoms with van der Waals surface area (Å²) in [5.74, 6) is 0.736. The zero-order valence-corrected chi connectivity index (χ0v) is 14.6. The fourth-order valence-electron chi connectivity index (χ4n) is 3.33. The van der Waals surface area contributed by atoms with Crippen molar-refractivity contribution in [1.29, 1.82) is 0 Å². The minimum atomic E-state index is -0.905. The third kappa shape index (κ3) is 3.95. The van der Waals surface area contributed by atoms with E-state index in [-0.39, 0.29) is 5.25 Å². The van der Waals surface area contributed by atoms with E-state index in [1.54, 1.807) is 0 Å². The summed E-state index contributed by atoms with van der Waals surface area (Å²) in [6.07, 6.45) is 4.73. The molecule has 0 saturated heterocycles. The second-order valence-electron chi connectivity index (χ2n) is 6.33. The van der Waals surface area contributed by atoms with Crippen LogP contribution in [-0.2, 0) is 10.8 Å². The first-order chi connectivity index (χ1) is 10.1. The van der Waals surface area contributed by atoms with Gasteiger partial charge in [0.25, 0.3) is 0 Å². The average molecular weight is 308 g/mol. The van der Waals surface area contributed by atoms with Crippen LogP contribution in [0.3, 0.4) is 0 Å². The number of aryl methyl sites for hydroxylation is 2. The third-order valence-electron chi connectivity index (χ3n) is 4.93. The molecule has 3 heteroatoms. The molecule has 0 aliphatic heterocycles. The predicted molar refractivity (Wildman–Crippen MR) is 91.2 cm³/mol. The van der Waals surface area contributed by atoms with E-state index >= 15 is 0 Å². The van der Waals surface area contributed by atoms with Crippen LogP contribution in [0, 0.1) is 19.8 Å². The lowest BCUT2D eigenvalue weighted by Crippen LogP contribution is -2.46. The fraction of sp³-hybridized carbons (Fsp3) is 0.667. The van der Waals surface area contributed by atoms with Crippen molar-refractivity contribution in [3.05, 3.63) is 29.3 Å². The Morgan fingerprint density at radius 3 is 2.57 bits per heavy atom. The Labute approximate surface area is 132 Å². The lowest BCUT2D eigenvalue weighted by Gasteiger charge is -2.35. The van der Waals surface area contributed by atoms with Crippen LogP contribution in [0.2, 0.25) is 0 Å². The summed E-state index contributed by atoms with van der Waals surface area (Å²) in [5.41, 5.74) is 2.51. The Morgan fingerprint density at radius 2 is 1.95 bits per heavy atom. The Balaban J connectivity index is 2.21. The van der Waals surface area contributed by atoms with E-state index in [2.05, 4.69) is 51.2 Å². The smallest absolute Gasteiger partial charge is 0.0576 e. The first-order valence-electron chi connectivity index (χ1n) is 8.28. The summed E-state index contributed by atoms with van der Waals surface area (Å²) in [4.78, 5) is 1.00. The summed E-state index contributed by atoms with van der Waals surface area (Å²) < 4.78 is 13.1.